The summed E-state index contributed by atoms with van der Waals surface area (Å²) in [5.74, 6) is -0.522. The lowest BCUT2D eigenvalue weighted by Gasteiger charge is -2.33. The van der Waals surface area contributed by atoms with Gasteiger partial charge in [0.15, 0.2) is 17.4 Å². The van der Waals surface area contributed by atoms with E-state index in [4.69, 9.17) is 4.42 Å². The van der Waals surface area contributed by atoms with E-state index >= 15 is 0 Å². The fraction of sp³-hybridized carbons (Fsp3) is 0.308. The number of benzene rings is 1. The van der Waals surface area contributed by atoms with Gasteiger partial charge in [0, 0.05) is 31.7 Å². The number of hydrogen-bond donors (Lipinski definition) is 2. The van der Waals surface area contributed by atoms with Gasteiger partial charge in [-0.1, -0.05) is 6.07 Å². The first-order chi connectivity index (χ1) is 18.1. The van der Waals surface area contributed by atoms with Crippen LogP contribution in [-0.4, -0.2) is 66.2 Å². The van der Waals surface area contributed by atoms with Crippen LogP contribution in [-0.2, 0) is 6.42 Å². The number of nitrogens with zero attached hydrogens (tertiary/aromatic N) is 6. The van der Waals surface area contributed by atoms with Crippen LogP contribution in [0.25, 0.3) is 16.6 Å². The van der Waals surface area contributed by atoms with Crippen molar-refractivity contribution in [2.24, 2.45) is 0 Å². The third kappa shape index (κ3) is 3.57. The zero-order valence-corrected chi connectivity index (χ0v) is 19.8. The Morgan fingerprint density at radius 3 is 2.86 bits per heavy atom. The SMILES string of the molecule is O=C(c1cnn2cc(N3CCC(O)CC3)ccc12)N1CCc2[nH]cnc2[C@H]1c1nc2cccc(F)c2o1. The van der Waals surface area contributed by atoms with Crippen LogP contribution >= 0.6 is 0 Å². The summed E-state index contributed by atoms with van der Waals surface area (Å²) < 4.78 is 22.0. The van der Waals surface area contributed by atoms with Gasteiger partial charge in [0.25, 0.3) is 5.91 Å². The number of nitrogens with one attached hydrogen (secondary N) is 1. The summed E-state index contributed by atoms with van der Waals surface area (Å²) in [6.07, 6.45) is 6.87. The Kier molecular flexibility index (Phi) is 5.00. The Morgan fingerprint density at radius 1 is 1.16 bits per heavy atom. The molecule has 2 aliphatic rings. The van der Waals surface area contributed by atoms with E-state index in [1.54, 1.807) is 34.1 Å². The third-order valence-electron chi connectivity index (χ3n) is 7.36. The Morgan fingerprint density at radius 2 is 2.03 bits per heavy atom. The highest BCUT2D eigenvalue weighted by molar-refractivity contribution is 6.01. The molecule has 188 valence electrons. The molecule has 4 aromatic heterocycles. The molecule has 37 heavy (non-hydrogen) atoms. The van der Waals surface area contributed by atoms with Crippen molar-refractivity contribution in [2.45, 2.75) is 31.4 Å². The van der Waals surface area contributed by atoms with Gasteiger partial charge in [0.1, 0.15) is 5.52 Å². The number of carbonyl (C=O) groups is 1. The number of H-pyrrole nitrogens is 1. The Hall–Kier alpha value is -4.25. The highest BCUT2D eigenvalue weighted by Crippen LogP contribution is 2.36. The van der Waals surface area contributed by atoms with E-state index in [0.717, 1.165) is 37.3 Å². The van der Waals surface area contributed by atoms with E-state index in [1.807, 2.05) is 18.3 Å². The van der Waals surface area contributed by atoms with Crippen LogP contribution in [0, 0.1) is 5.82 Å². The number of rotatable bonds is 3. The van der Waals surface area contributed by atoms with Crippen LogP contribution in [0.1, 0.15) is 46.5 Å². The van der Waals surface area contributed by atoms with Gasteiger partial charge in [0.05, 0.1) is 47.3 Å². The lowest BCUT2D eigenvalue weighted by molar-refractivity contribution is 0.0669. The minimum atomic E-state index is -0.705. The first-order valence-electron chi connectivity index (χ1n) is 12.4. The molecule has 1 saturated heterocycles. The van der Waals surface area contributed by atoms with E-state index in [0.29, 0.717) is 35.3 Å². The van der Waals surface area contributed by atoms with E-state index in [-0.39, 0.29) is 23.5 Å². The molecule has 11 heteroatoms. The molecule has 2 N–H and O–H groups in total. The smallest absolute Gasteiger partial charge is 0.258 e. The highest BCUT2D eigenvalue weighted by Gasteiger charge is 2.39. The molecule has 1 atom stereocenters. The number of fused-ring (bicyclic) bond motifs is 3. The molecule has 5 aromatic rings. The van der Waals surface area contributed by atoms with Gasteiger partial charge in [-0.15, -0.1) is 0 Å². The largest absolute Gasteiger partial charge is 0.435 e. The number of carbonyl (C=O) groups excluding carboxylic acids is 1. The predicted molar refractivity (Wildman–Crippen MR) is 132 cm³/mol. The second-order valence-electron chi connectivity index (χ2n) is 9.55. The number of imidazole rings is 1. The van der Waals surface area contributed by atoms with Gasteiger partial charge in [-0.2, -0.15) is 5.10 Å². The summed E-state index contributed by atoms with van der Waals surface area (Å²) in [5.41, 5.74) is 4.10. The predicted octanol–water partition coefficient (Wildman–Crippen LogP) is 3.09. The first kappa shape index (κ1) is 22.0. The molecule has 1 aromatic carbocycles. The number of aliphatic hydroxyl groups is 1. The number of para-hydroxylation sites is 1. The number of pyridine rings is 1. The number of halogens is 1. The molecule has 0 spiro atoms. The number of amides is 1. The molecular weight excluding hydrogens is 477 g/mol. The molecule has 2 aliphatic heterocycles. The number of aromatic nitrogens is 5. The van der Waals surface area contributed by atoms with Crippen molar-refractivity contribution in [1.29, 1.82) is 0 Å². The van der Waals surface area contributed by atoms with E-state index in [2.05, 4.69) is 25.0 Å². The number of oxazole rings is 1. The van der Waals surface area contributed by atoms with Crippen LogP contribution in [0.3, 0.4) is 0 Å². The topological polar surface area (TPSA) is 116 Å². The molecule has 1 amide bonds. The van der Waals surface area contributed by atoms with Crippen molar-refractivity contribution in [3.8, 4) is 0 Å². The molecule has 0 radical (unpaired) electrons. The van der Waals surface area contributed by atoms with Crippen LogP contribution in [0.5, 0.6) is 0 Å². The molecular formula is C26H24FN7O3. The number of aliphatic hydroxyl groups excluding tert-OH is 1. The van der Waals surface area contributed by atoms with Crippen molar-refractivity contribution >= 4 is 28.2 Å². The van der Waals surface area contributed by atoms with Gasteiger partial charge in [-0.25, -0.2) is 18.9 Å². The summed E-state index contributed by atoms with van der Waals surface area (Å²) in [6, 6.07) is 7.75. The molecule has 0 saturated carbocycles. The zero-order valence-electron chi connectivity index (χ0n) is 19.8. The molecule has 7 rings (SSSR count). The maximum Gasteiger partial charge on any atom is 0.258 e. The van der Waals surface area contributed by atoms with Crippen molar-refractivity contribution in [3.05, 3.63) is 77.7 Å². The summed E-state index contributed by atoms with van der Waals surface area (Å²) in [6.45, 7) is 1.95. The fourth-order valence-corrected chi connectivity index (χ4v) is 5.40. The van der Waals surface area contributed by atoms with Crippen LogP contribution in [0.15, 0.2) is 53.5 Å². The molecule has 0 unspecified atom stereocenters. The minimum absolute atomic E-state index is 0.0568. The summed E-state index contributed by atoms with van der Waals surface area (Å²) in [7, 11) is 0. The normalized spacial score (nSPS) is 18.6. The average molecular weight is 502 g/mol. The van der Waals surface area contributed by atoms with E-state index < -0.39 is 11.9 Å². The third-order valence-corrected chi connectivity index (χ3v) is 7.36. The van der Waals surface area contributed by atoms with Gasteiger partial charge in [-0.3, -0.25) is 4.79 Å². The van der Waals surface area contributed by atoms with Gasteiger partial charge < -0.3 is 24.3 Å². The van der Waals surface area contributed by atoms with Crippen molar-refractivity contribution in [2.75, 3.05) is 24.5 Å². The molecule has 0 aliphatic carbocycles. The van der Waals surface area contributed by atoms with Crippen LogP contribution < -0.4 is 4.90 Å². The Bertz CT molecular complexity index is 1630. The monoisotopic (exact) mass is 501 g/mol. The molecule has 6 heterocycles. The summed E-state index contributed by atoms with van der Waals surface area (Å²) >= 11 is 0. The number of aromatic amines is 1. The number of hydrogen-bond acceptors (Lipinski definition) is 7. The van der Waals surface area contributed by atoms with Crippen molar-refractivity contribution < 1.29 is 18.7 Å². The molecule has 1 fully saturated rings. The lowest BCUT2D eigenvalue weighted by atomic mass is 10.0. The van der Waals surface area contributed by atoms with E-state index in [1.165, 1.54) is 6.07 Å². The first-order valence-corrected chi connectivity index (χ1v) is 12.4. The lowest BCUT2D eigenvalue weighted by Crippen LogP contribution is -2.41. The summed E-state index contributed by atoms with van der Waals surface area (Å²) in [4.78, 5) is 30.0. The van der Waals surface area contributed by atoms with Gasteiger partial charge in [0.2, 0.25) is 5.89 Å². The summed E-state index contributed by atoms with van der Waals surface area (Å²) in [5, 5.41) is 14.3. The maximum absolute atomic E-state index is 14.4. The van der Waals surface area contributed by atoms with Crippen molar-refractivity contribution in [1.82, 2.24) is 29.5 Å². The quantitative estimate of drug-likeness (QED) is 0.390. The van der Waals surface area contributed by atoms with Crippen molar-refractivity contribution in [3.63, 3.8) is 0 Å². The van der Waals surface area contributed by atoms with Crippen LogP contribution in [0.2, 0.25) is 0 Å². The Labute approximate surface area is 210 Å². The van der Waals surface area contributed by atoms with Gasteiger partial charge >= 0.3 is 0 Å². The fourth-order valence-electron chi connectivity index (χ4n) is 5.40. The zero-order chi connectivity index (χ0) is 25.1. The minimum Gasteiger partial charge on any atom is -0.435 e. The number of piperidine rings is 1. The maximum atomic E-state index is 14.4. The number of anilines is 1. The van der Waals surface area contributed by atoms with E-state index in [9.17, 15) is 14.3 Å². The highest BCUT2D eigenvalue weighted by atomic mass is 19.1. The van der Waals surface area contributed by atoms with Gasteiger partial charge in [-0.05, 0) is 37.1 Å². The van der Waals surface area contributed by atoms with Crippen LogP contribution in [0.4, 0.5) is 10.1 Å². The molecule has 10 nitrogen and oxygen atoms in total. The second-order valence-corrected chi connectivity index (χ2v) is 9.55. The standard InChI is InChI=1S/C26H24FN7O3/c27-18-2-1-3-20-24(18)37-25(31-20)23-22-19(28-14-29-22)8-11-33(23)26(36)17-12-30-34-13-15(4-5-21(17)34)32-9-6-16(35)7-10-32/h1-5,12-14,16,23,35H,6-11H2,(H,28,29)/t23-/m0/s1. The molecule has 0 bridgehead atoms. The Balaban J connectivity index is 1.26. The average Bonchev–Trinajstić information content (AvgIpc) is 3.66. The second kappa shape index (κ2) is 8.41.